The topological polar surface area (TPSA) is 84.1 Å². The van der Waals surface area contributed by atoms with Gasteiger partial charge in [0.15, 0.2) is 6.10 Å². The van der Waals surface area contributed by atoms with E-state index in [1.54, 1.807) is 24.3 Å². The van der Waals surface area contributed by atoms with Crippen molar-refractivity contribution < 1.29 is 18.7 Å². The molecule has 4 rings (SSSR count). The average molecular weight is 438 g/mol. The summed E-state index contributed by atoms with van der Waals surface area (Å²) >= 11 is 5.73. The average Bonchev–Trinajstić information content (AvgIpc) is 3.20. The lowest BCUT2D eigenvalue weighted by molar-refractivity contribution is -0.123. The molecule has 0 bridgehead atoms. The van der Waals surface area contributed by atoms with Crippen LogP contribution in [0.1, 0.15) is 17.3 Å². The van der Waals surface area contributed by atoms with E-state index in [2.05, 4.69) is 15.3 Å². The number of nitrogens with one attached hydrogen (secondary N) is 2. The Balaban J connectivity index is 1.52. The molecule has 0 fully saturated rings. The van der Waals surface area contributed by atoms with Crippen molar-refractivity contribution in [3.05, 3.63) is 83.1 Å². The summed E-state index contributed by atoms with van der Waals surface area (Å²) in [6.45, 7) is 1.45. The van der Waals surface area contributed by atoms with Gasteiger partial charge < -0.3 is 15.0 Å². The van der Waals surface area contributed by atoms with Crippen molar-refractivity contribution in [2.45, 2.75) is 13.0 Å². The highest BCUT2D eigenvalue weighted by Gasteiger charge is 2.22. The zero-order valence-corrected chi connectivity index (χ0v) is 17.1. The Morgan fingerprint density at radius 2 is 1.84 bits per heavy atom. The molecule has 2 N–H and O–H groups in total. The molecule has 31 heavy (non-hydrogen) atoms. The van der Waals surface area contributed by atoms with Gasteiger partial charge in [0.25, 0.3) is 5.91 Å². The number of hydrogen-bond donors (Lipinski definition) is 2. The van der Waals surface area contributed by atoms with Gasteiger partial charge in [-0.1, -0.05) is 41.9 Å². The SMILES string of the molecule is CC(OC(=O)c1ccccc1-c1nc2ccccc2[nH]1)C(=O)Nc1ccc(F)c(Cl)c1. The predicted molar refractivity (Wildman–Crippen MR) is 116 cm³/mol. The molecule has 1 amide bonds. The van der Waals surface area contributed by atoms with Crippen molar-refractivity contribution in [2.24, 2.45) is 0 Å². The third-order valence-corrected chi connectivity index (χ3v) is 4.92. The van der Waals surface area contributed by atoms with E-state index in [1.165, 1.54) is 19.1 Å². The smallest absolute Gasteiger partial charge is 0.339 e. The standard InChI is InChI=1S/C23H17ClFN3O3/c1-13(22(29)26-14-10-11-18(25)17(24)12-14)31-23(30)16-7-3-2-6-15(16)21-27-19-8-4-5-9-20(19)28-21/h2-13H,1H3,(H,26,29)(H,27,28). The maximum Gasteiger partial charge on any atom is 0.339 e. The zero-order chi connectivity index (χ0) is 22.0. The largest absolute Gasteiger partial charge is 0.449 e. The van der Waals surface area contributed by atoms with Crippen molar-refractivity contribution in [1.29, 1.82) is 0 Å². The number of esters is 1. The van der Waals surface area contributed by atoms with Crippen LogP contribution in [0.15, 0.2) is 66.7 Å². The van der Waals surface area contributed by atoms with Gasteiger partial charge >= 0.3 is 5.97 Å². The minimum atomic E-state index is -1.10. The van der Waals surface area contributed by atoms with Gasteiger partial charge in [-0.2, -0.15) is 0 Å². The number of H-pyrrole nitrogens is 1. The third-order valence-electron chi connectivity index (χ3n) is 4.63. The molecule has 0 saturated carbocycles. The number of ether oxygens (including phenoxy) is 1. The van der Waals surface area contributed by atoms with Crippen LogP contribution in [0.2, 0.25) is 5.02 Å². The summed E-state index contributed by atoms with van der Waals surface area (Å²) < 4.78 is 18.6. The summed E-state index contributed by atoms with van der Waals surface area (Å²) in [5.74, 6) is -1.32. The van der Waals surface area contributed by atoms with Gasteiger partial charge in [0.1, 0.15) is 11.6 Å². The molecule has 0 aliphatic rings. The van der Waals surface area contributed by atoms with Crippen LogP contribution in [-0.4, -0.2) is 27.9 Å². The lowest BCUT2D eigenvalue weighted by Crippen LogP contribution is -2.30. The maximum atomic E-state index is 13.3. The number of aromatic amines is 1. The summed E-state index contributed by atoms with van der Waals surface area (Å²) in [6.07, 6.45) is -1.10. The molecule has 0 spiro atoms. The number of fused-ring (bicyclic) bond motifs is 1. The molecular weight excluding hydrogens is 421 g/mol. The van der Waals surface area contributed by atoms with Gasteiger partial charge in [0, 0.05) is 11.3 Å². The fraction of sp³-hybridized carbons (Fsp3) is 0.0870. The summed E-state index contributed by atoms with van der Waals surface area (Å²) in [4.78, 5) is 32.9. The van der Waals surface area contributed by atoms with Gasteiger partial charge in [0.2, 0.25) is 0 Å². The highest BCUT2D eigenvalue weighted by atomic mass is 35.5. The highest BCUT2D eigenvalue weighted by molar-refractivity contribution is 6.31. The number of benzene rings is 3. The Labute approximate surface area is 182 Å². The molecule has 1 heterocycles. The molecule has 8 heteroatoms. The molecular formula is C23H17ClFN3O3. The number of para-hydroxylation sites is 2. The first-order valence-corrected chi connectivity index (χ1v) is 9.81. The van der Waals surface area contributed by atoms with Crippen molar-refractivity contribution in [2.75, 3.05) is 5.32 Å². The number of imidazole rings is 1. The van der Waals surface area contributed by atoms with Gasteiger partial charge in [-0.25, -0.2) is 14.2 Å². The second-order valence-electron chi connectivity index (χ2n) is 6.81. The Hall–Kier alpha value is -3.71. The quantitative estimate of drug-likeness (QED) is 0.420. The lowest BCUT2D eigenvalue weighted by atomic mass is 10.1. The number of rotatable bonds is 5. The van der Waals surface area contributed by atoms with Gasteiger partial charge in [-0.05, 0) is 43.3 Å². The molecule has 3 aromatic carbocycles. The Morgan fingerprint density at radius 3 is 2.61 bits per heavy atom. The second-order valence-corrected chi connectivity index (χ2v) is 7.22. The summed E-state index contributed by atoms with van der Waals surface area (Å²) in [6, 6.07) is 18.1. The van der Waals surface area contributed by atoms with E-state index in [-0.39, 0.29) is 10.6 Å². The highest BCUT2D eigenvalue weighted by Crippen LogP contribution is 2.25. The summed E-state index contributed by atoms with van der Waals surface area (Å²) in [5.41, 5.74) is 2.73. The van der Waals surface area contributed by atoms with Gasteiger partial charge in [-0.3, -0.25) is 4.79 Å². The number of hydrogen-bond acceptors (Lipinski definition) is 4. The van der Waals surface area contributed by atoms with Crippen molar-refractivity contribution in [3.8, 4) is 11.4 Å². The molecule has 1 unspecified atom stereocenters. The van der Waals surface area contributed by atoms with E-state index < -0.39 is 23.8 Å². The number of nitrogens with zero attached hydrogens (tertiary/aromatic N) is 1. The second kappa shape index (κ2) is 8.57. The van der Waals surface area contributed by atoms with E-state index in [9.17, 15) is 14.0 Å². The van der Waals surface area contributed by atoms with Crippen molar-refractivity contribution in [1.82, 2.24) is 9.97 Å². The number of aromatic nitrogens is 2. The first-order valence-electron chi connectivity index (χ1n) is 9.43. The summed E-state index contributed by atoms with van der Waals surface area (Å²) in [7, 11) is 0. The maximum absolute atomic E-state index is 13.3. The third kappa shape index (κ3) is 4.41. The number of carbonyl (C=O) groups is 2. The summed E-state index contributed by atoms with van der Waals surface area (Å²) in [5, 5.41) is 2.42. The molecule has 156 valence electrons. The molecule has 6 nitrogen and oxygen atoms in total. The fourth-order valence-electron chi connectivity index (χ4n) is 3.04. The fourth-order valence-corrected chi connectivity index (χ4v) is 3.22. The number of amides is 1. The number of carbonyl (C=O) groups excluding carboxylic acids is 2. The van der Waals surface area contributed by atoms with Crippen LogP contribution in [0.4, 0.5) is 10.1 Å². The number of anilines is 1. The van der Waals surface area contributed by atoms with Crippen LogP contribution in [0, 0.1) is 5.82 Å². The van der Waals surface area contributed by atoms with E-state index in [4.69, 9.17) is 16.3 Å². The van der Waals surface area contributed by atoms with E-state index in [1.807, 2.05) is 24.3 Å². The van der Waals surface area contributed by atoms with E-state index in [0.717, 1.165) is 17.1 Å². The molecule has 0 saturated heterocycles. The van der Waals surface area contributed by atoms with Gasteiger partial charge in [-0.15, -0.1) is 0 Å². The zero-order valence-electron chi connectivity index (χ0n) is 16.4. The Morgan fingerprint density at radius 1 is 1.10 bits per heavy atom. The number of halogens is 2. The lowest BCUT2D eigenvalue weighted by Gasteiger charge is -2.15. The van der Waals surface area contributed by atoms with Crippen LogP contribution in [0.3, 0.4) is 0 Å². The van der Waals surface area contributed by atoms with Crippen LogP contribution in [0.5, 0.6) is 0 Å². The van der Waals surface area contributed by atoms with Crippen LogP contribution in [0.25, 0.3) is 22.4 Å². The Kier molecular flexibility index (Phi) is 5.68. The molecule has 0 aliphatic heterocycles. The van der Waals surface area contributed by atoms with Crippen LogP contribution >= 0.6 is 11.6 Å². The first-order chi connectivity index (χ1) is 14.9. The van der Waals surface area contributed by atoms with Crippen molar-refractivity contribution in [3.63, 3.8) is 0 Å². The van der Waals surface area contributed by atoms with Crippen LogP contribution < -0.4 is 5.32 Å². The predicted octanol–water partition coefficient (Wildman–Crippen LogP) is 5.21. The Bertz CT molecular complexity index is 1260. The first kappa shape index (κ1) is 20.6. The molecule has 1 atom stereocenters. The minimum Gasteiger partial charge on any atom is -0.449 e. The molecule has 0 radical (unpaired) electrons. The molecule has 1 aromatic heterocycles. The van der Waals surface area contributed by atoms with Crippen LogP contribution in [-0.2, 0) is 9.53 Å². The van der Waals surface area contributed by atoms with Gasteiger partial charge in [0.05, 0.1) is 21.6 Å². The monoisotopic (exact) mass is 437 g/mol. The molecule has 4 aromatic rings. The molecule has 0 aliphatic carbocycles. The normalized spacial score (nSPS) is 11.8. The van der Waals surface area contributed by atoms with E-state index >= 15 is 0 Å². The van der Waals surface area contributed by atoms with Crippen molar-refractivity contribution >= 4 is 40.2 Å². The van der Waals surface area contributed by atoms with E-state index in [0.29, 0.717) is 17.1 Å². The minimum absolute atomic E-state index is 0.123.